The van der Waals surface area contributed by atoms with Gasteiger partial charge in [0.1, 0.15) is 6.61 Å². The fraction of sp³-hybridized carbons (Fsp3) is 0.0714. The lowest BCUT2D eigenvalue weighted by Gasteiger charge is -2.07. The summed E-state index contributed by atoms with van der Waals surface area (Å²) in [6.07, 6.45) is 0. The number of rotatable bonds is 3. The standard InChI is InChI=1S/C14H9F2NO/c15-12-5-2-6-13(14(12)16)18-9-11-4-1-3-10(7-11)8-17/h1-7H,9H2. The fourth-order valence-corrected chi connectivity index (χ4v) is 1.49. The predicted molar refractivity (Wildman–Crippen MR) is 61.8 cm³/mol. The van der Waals surface area contributed by atoms with Crippen LogP contribution in [0.4, 0.5) is 8.78 Å². The highest BCUT2D eigenvalue weighted by Crippen LogP contribution is 2.20. The molecule has 0 unspecified atom stereocenters. The number of nitrogens with zero attached hydrogens (tertiary/aromatic N) is 1. The highest BCUT2D eigenvalue weighted by molar-refractivity contribution is 5.33. The van der Waals surface area contributed by atoms with Crippen molar-refractivity contribution in [1.82, 2.24) is 0 Å². The van der Waals surface area contributed by atoms with Crippen molar-refractivity contribution in [2.75, 3.05) is 0 Å². The van der Waals surface area contributed by atoms with Gasteiger partial charge in [0.2, 0.25) is 5.82 Å². The van der Waals surface area contributed by atoms with E-state index in [9.17, 15) is 8.78 Å². The molecule has 0 N–H and O–H groups in total. The van der Waals surface area contributed by atoms with Crippen molar-refractivity contribution < 1.29 is 13.5 Å². The molecule has 0 aromatic heterocycles. The summed E-state index contributed by atoms with van der Waals surface area (Å²) >= 11 is 0. The molecule has 18 heavy (non-hydrogen) atoms. The maximum atomic E-state index is 13.3. The van der Waals surface area contributed by atoms with E-state index in [1.165, 1.54) is 12.1 Å². The number of nitriles is 1. The number of benzene rings is 2. The molecule has 0 aliphatic heterocycles. The minimum Gasteiger partial charge on any atom is -0.486 e. The van der Waals surface area contributed by atoms with Crippen molar-refractivity contribution in [1.29, 1.82) is 5.26 Å². The number of ether oxygens (including phenoxy) is 1. The van der Waals surface area contributed by atoms with Crippen molar-refractivity contribution in [3.05, 3.63) is 65.2 Å². The first kappa shape index (κ1) is 12.1. The lowest BCUT2D eigenvalue weighted by atomic mass is 10.1. The number of hydrogen-bond donors (Lipinski definition) is 0. The summed E-state index contributed by atoms with van der Waals surface area (Å²) in [5.74, 6) is -2.09. The monoisotopic (exact) mass is 245 g/mol. The molecule has 0 atom stereocenters. The lowest BCUT2D eigenvalue weighted by Crippen LogP contribution is -1.99. The Bertz CT molecular complexity index is 605. The van der Waals surface area contributed by atoms with E-state index in [2.05, 4.69) is 0 Å². The smallest absolute Gasteiger partial charge is 0.200 e. The summed E-state index contributed by atoms with van der Waals surface area (Å²) in [6, 6.07) is 12.5. The Labute approximate surface area is 103 Å². The van der Waals surface area contributed by atoms with E-state index in [4.69, 9.17) is 10.00 Å². The third-order valence-electron chi connectivity index (χ3n) is 2.37. The van der Waals surface area contributed by atoms with Crippen LogP contribution < -0.4 is 4.74 Å². The van der Waals surface area contributed by atoms with Crippen LogP contribution in [0.2, 0.25) is 0 Å². The molecule has 2 aromatic rings. The van der Waals surface area contributed by atoms with E-state index >= 15 is 0 Å². The Morgan fingerprint density at radius 2 is 1.89 bits per heavy atom. The van der Waals surface area contributed by atoms with Crippen molar-refractivity contribution in [2.24, 2.45) is 0 Å². The number of hydrogen-bond acceptors (Lipinski definition) is 2. The van der Waals surface area contributed by atoms with Gasteiger partial charge in [-0.05, 0) is 29.8 Å². The molecule has 90 valence electrons. The first-order valence-electron chi connectivity index (χ1n) is 5.26. The minimum atomic E-state index is -1.01. The van der Waals surface area contributed by atoms with E-state index in [0.717, 1.165) is 11.6 Å². The highest BCUT2D eigenvalue weighted by Gasteiger charge is 2.08. The van der Waals surface area contributed by atoms with Gasteiger partial charge in [0.25, 0.3) is 0 Å². The van der Waals surface area contributed by atoms with Crippen LogP contribution in [0, 0.1) is 23.0 Å². The van der Waals surface area contributed by atoms with Crippen molar-refractivity contribution in [3.63, 3.8) is 0 Å². The second-order valence-corrected chi connectivity index (χ2v) is 3.65. The Morgan fingerprint density at radius 3 is 2.67 bits per heavy atom. The van der Waals surface area contributed by atoms with Crippen LogP contribution in [0.15, 0.2) is 42.5 Å². The topological polar surface area (TPSA) is 33.0 Å². The van der Waals surface area contributed by atoms with Crippen molar-refractivity contribution >= 4 is 0 Å². The van der Waals surface area contributed by atoms with Gasteiger partial charge in [0.15, 0.2) is 11.6 Å². The fourth-order valence-electron chi connectivity index (χ4n) is 1.49. The van der Waals surface area contributed by atoms with E-state index in [0.29, 0.717) is 5.56 Å². The molecule has 0 heterocycles. The van der Waals surface area contributed by atoms with Crippen molar-refractivity contribution in [3.8, 4) is 11.8 Å². The third-order valence-corrected chi connectivity index (χ3v) is 2.37. The molecule has 0 aliphatic rings. The van der Waals surface area contributed by atoms with Crippen LogP contribution in [0.5, 0.6) is 5.75 Å². The molecule has 0 radical (unpaired) electrons. The zero-order chi connectivity index (χ0) is 13.0. The van der Waals surface area contributed by atoms with Crippen LogP contribution in [0.3, 0.4) is 0 Å². The first-order valence-corrected chi connectivity index (χ1v) is 5.26. The summed E-state index contributed by atoms with van der Waals surface area (Å²) in [7, 11) is 0. The molecule has 0 aliphatic carbocycles. The normalized spacial score (nSPS) is 9.83. The van der Waals surface area contributed by atoms with Crippen LogP contribution in [0.25, 0.3) is 0 Å². The van der Waals surface area contributed by atoms with E-state index in [1.54, 1.807) is 24.3 Å². The van der Waals surface area contributed by atoms with Crippen LogP contribution >= 0.6 is 0 Å². The van der Waals surface area contributed by atoms with Gasteiger partial charge in [-0.3, -0.25) is 0 Å². The molecule has 0 bridgehead atoms. The van der Waals surface area contributed by atoms with Gasteiger partial charge in [-0.25, -0.2) is 4.39 Å². The Balaban J connectivity index is 2.12. The number of halogens is 2. The van der Waals surface area contributed by atoms with Crippen LogP contribution in [0.1, 0.15) is 11.1 Å². The Kier molecular flexibility index (Phi) is 3.54. The van der Waals surface area contributed by atoms with E-state index < -0.39 is 11.6 Å². The van der Waals surface area contributed by atoms with E-state index in [1.807, 2.05) is 6.07 Å². The largest absolute Gasteiger partial charge is 0.486 e. The molecule has 0 spiro atoms. The average Bonchev–Trinajstić information content (AvgIpc) is 2.41. The first-order chi connectivity index (χ1) is 8.70. The molecule has 2 nitrogen and oxygen atoms in total. The SMILES string of the molecule is N#Cc1cccc(COc2cccc(F)c2F)c1. The van der Waals surface area contributed by atoms with Crippen LogP contribution in [-0.2, 0) is 6.61 Å². The van der Waals surface area contributed by atoms with Gasteiger partial charge in [-0.2, -0.15) is 9.65 Å². The molecular weight excluding hydrogens is 236 g/mol. The molecule has 0 amide bonds. The van der Waals surface area contributed by atoms with Gasteiger partial charge in [-0.15, -0.1) is 0 Å². The lowest BCUT2D eigenvalue weighted by molar-refractivity contribution is 0.284. The van der Waals surface area contributed by atoms with Crippen molar-refractivity contribution in [2.45, 2.75) is 6.61 Å². The van der Waals surface area contributed by atoms with Crippen LogP contribution in [-0.4, -0.2) is 0 Å². The van der Waals surface area contributed by atoms with Gasteiger partial charge >= 0.3 is 0 Å². The van der Waals surface area contributed by atoms with E-state index in [-0.39, 0.29) is 12.4 Å². The molecule has 2 rings (SSSR count). The Morgan fingerprint density at radius 1 is 1.11 bits per heavy atom. The molecule has 0 saturated carbocycles. The van der Waals surface area contributed by atoms with Gasteiger partial charge in [0, 0.05) is 0 Å². The summed E-state index contributed by atoms with van der Waals surface area (Å²) < 4.78 is 31.4. The zero-order valence-electron chi connectivity index (χ0n) is 9.36. The van der Waals surface area contributed by atoms with Gasteiger partial charge in [-0.1, -0.05) is 18.2 Å². The minimum absolute atomic E-state index is 0.0793. The molecular formula is C14H9F2NO. The maximum absolute atomic E-state index is 13.3. The van der Waals surface area contributed by atoms with Gasteiger partial charge < -0.3 is 4.74 Å². The molecule has 0 saturated heterocycles. The second-order valence-electron chi connectivity index (χ2n) is 3.65. The summed E-state index contributed by atoms with van der Waals surface area (Å²) in [5, 5.41) is 8.73. The summed E-state index contributed by atoms with van der Waals surface area (Å²) in [4.78, 5) is 0. The summed E-state index contributed by atoms with van der Waals surface area (Å²) in [6.45, 7) is 0.0793. The van der Waals surface area contributed by atoms with Gasteiger partial charge in [0.05, 0.1) is 11.6 Å². The maximum Gasteiger partial charge on any atom is 0.200 e. The molecule has 0 fully saturated rings. The quantitative estimate of drug-likeness (QED) is 0.830. The third kappa shape index (κ3) is 2.64. The highest BCUT2D eigenvalue weighted by atomic mass is 19.2. The second kappa shape index (κ2) is 5.28. The Hall–Kier alpha value is -2.41. The predicted octanol–water partition coefficient (Wildman–Crippen LogP) is 3.42. The summed E-state index contributed by atoms with van der Waals surface area (Å²) in [5.41, 5.74) is 1.22. The molecule has 2 aromatic carbocycles. The molecule has 4 heteroatoms. The zero-order valence-corrected chi connectivity index (χ0v) is 9.36. The average molecular weight is 245 g/mol.